The SMILES string of the molecule is OC(c1cc(Cl)ccc1Cl)c1c(F)cc(Br)cc1F. The summed E-state index contributed by atoms with van der Waals surface area (Å²) in [5.41, 5.74) is -0.318. The predicted octanol–water partition coefficient (Wildman–Crippen LogP) is 5.12. The number of aliphatic hydroxyl groups is 1. The van der Waals surface area contributed by atoms with Crippen molar-refractivity contribution in [2.75, 3.05) is 0 Å². The Bertz CT molecular complexity index is 611. The zero-order valence-corrected chi connectivity index (χ0v) is 12.4. The van der Waals surface area contributed by atoms with Gasteiger partial charge < -0.3 is 5.11 Å². The summed E-state index contributed by atoms with van der Waals surface area (Å²) in [4.78, 5) is 0. The van der Waals surface area contributed by atoms with Crippen molar-refractivity contribution in [3.8, 4) is 0 Å². The van der Waals surface area contributed by atoms with Crippen LogP contribution in [0.1, 0.15) is 17.2 Å². The molecule has 0 saturated heterocycles. The molecule has 0 aromatic heterocycles. The Morgan fingerprint density at radius 1 is 1.05 bits per heavy atom. The smallest absolute Gasteiger partial charge is 0.133 e. The van der Waals surface area contributed by atoms with Crippen LogP contribution < -0.4 is 0 Å². The third kappa shape index (κ3) is 3.08. The Kier molecular flexibility index (Phi) is 4.46. The Hall–Kier alpha value is -0.680. The third-order valence-electron chi connectivity index (χ3n) is 2.57. The lowest BCUT2D eigenvalue weighted by atomic mass is 10.0. The Balaban J connectivity index is 2.56. The van der Waals surface area contributed by atoms with E-state index in [1.165, 1.54) is 18.2 Å². The van der Waals surface area contributed by atoms with Gasteiger partial charge in [0.25, 0.3) is 0 Å². The molecule has 1 nitrogen and oxygen atoms in total. The van der Waals surface area contributed by atoms with Crippen molar-refractivity contribution in [1.82, 2.24) is 0 Å². The van der Waals surface area contributed by atoms with Gasteiger partial charge in [0.1, 0.15) is 17.7 Å². The van der Waals surface area contributed by atoms with Gasteiger partial charge in [-0.2, -0.15) is 0 Å². The molecule has 0 spiro atoms. The summed E-state index contributed by atoms with van der Waals surface area (Å²) in [5.74, 6) is -1.73. The normalized spacial score (nSPS) is 12.5. The van der Waals surface area contributed by atoms with Gasteiger partial charge in [0.2, 0.25) is 0 Å². The second kappa shape index (κ2) is 5.75. The maximum Gasteiger partial charge on any atom is 0.133 e. The molecular formula is C13H7BrCl2F2O. The topological polar surface area (TPSA) is 20.2 Å². The van der Waals surface area contributed by atoms with Gasteiger partial charge in [0.15, 0.2) is 0 Å². The third-order valence-corrected chi connectivity index (χ3v) is 3.61. The molecule has 0 aliphatic carbocycles. The first kappa shape index (κ1) is 14.7. The minimum Gasteiger partial charge on any atom is -0.383 e. The highest BCUT2D eigenvalue weighted by atomic mass is 79.9. The molecule has 1 unspecified atom stereocenters. The average molecular weight is 368 g/mol. The first-order chi connectivity index (χ1) is 8.90. The monoisotopic (exact) mass is 366 g/mol. The van der Waals surface area contributed by atoms with E-state index in [1.807, 2.05) is 0 Å². The van der Waals surface area contributed by atoms with Crippen LogP contribution in [0.4, 0.5) is 8.78 Å². The standard InChI is InChI=1S/C13H7BrCl2F2O/c14-6-3-10(17)12(11(18)4-6)13(19)8-5-7(15)1-2-9(8)16/h1-5,13,19H. The van der Waals surface area contributed by atoms with Crippen LogP contribution in [0.5, 0.6) is 0 Å². The Morgan fingerprint density at radius 2 is 1.63 bits per heavy atom. The van der Waals surface area contributed by atoms with Crippen LogP contribution in [0, 0.1) is 11.6 Å². The van der Waals surface area contributed by atoms with Crippen LogP contribution in [-0.4, -0.2) is 5.11 Å². The van der Waals surface area contributed by atoms with Gasteiger partial charge in [-0.15, -0.1) is 0 Å². The Labute approximate surface area is 126 Å². The number of hydrogen-bond donors (Lipinski definition) is 1. The minimum atomic E-state index is -1.53. The molecular weight excluding hydrogens is 361 g/mol. The average Bonchev–Trinajstić information content (AvgIpc) is 2.30. The molecule has 19 heavy (non-hydrogen) atoms. The van der Waals surface area contributed by atoms with Gasteiger partial charge in [-0.25, -0.2) is 8.78 Å². The van der Waals surface area contributed by atoms with Gasteiger partial charge in [-0.1, -0.05) is 39.1 Å². The van der Waals surface area contributed by atoms with Crippen LogP contribution in [-0.2, 0) is 0 Å². The van der Waals surface area contributed by atoms with Crippen molar-refractivity contribution < 1.29 is 13.9 Å². The minimum absolute atomic E-state index is 0.147. The van der Waals surface area contributed by atoms with Crippen molar-refractivity contribution in [2.24, 2.45) is 0 Å². The summed E-state index contributed by atoms with van der Waals surface area (Å²) in [6.45, 7) is 0. The highest BCUT2D eigenvalue weighted by molar-refractivity contribution is 9.10. The van der Waals surface area contributed by atoms with E-state index in [2.05, 4.69) is 15.9 Å². The lowest BCUT2D eigenvalue weighted by Crippen LogP contribution is -2.06. The molecule has 0 amide bonds. The van der Waals surface area contributed by atoms with E-state index in [4.69, 9.17) is 23.2 Å². The van der Waals surface area contributed by atoms with Crippen molar-refractivity contribution in [3.05, 3.63) is 67.6 Å². The molecule has 2 aromatic rings. The van der Waals surface area contributed by atoms with Crippen LogP contribution in [0.15, 0.2) is 34.8 Å². The molecule has 0 radical (unpaired) electrons. The summed E-state index contributed by atoms with van der Waals surface area (Å²) in [6.07, 6.45) is -1.53. The zero-order chi connectivity index (χ0) is 14.2. The van der Waals surface area contributed by atoms with Crippen molar-refractivity contribution in [2.45, 2.75) is 6.10 Å². The van der Waals surface area contributed by atoms with Crippen LogP contribution in [0.3, 0.4) is 0 Å². The summed E-state index contributed by atoms with van der Waals surface area (Å²) < 4.78 is 27.8. The largest absolute Gasteiger partial charge is 0.383 e. The van der Waals surface area contributed by atoms with Gasteiger partial charge in [0.05, 0.1) is 5.56 Å². The first-order valence-electron chi connectivity index (χ1n) is 5.17. The number of aliphatic hydroxyl groups excluding tert-OH is 1. The van der Waals surface area contributed by atoms with Gasteiger partial charge >= 0.3 is 0 Å². The molecule has 2 rings (SSSR count). The highest BCUT2D eigenvalue weighted by Crippen LogP contribution is 2.34. The number of benzene rings is 2. The predicted molar refractivity (Wildman–Crippen MR) is 74.6 cm³/mol. The van der Waals surface area contributed by atoms with Crippen LogP contribution in [0.25, 0.3) is 0 Å². The molecule has 0 fully saturated rings. The lowest BCUT2D eigenvalue weighted by Gasteiger charge is -2.15. The first-order valence-corrected chi connectivity index (χ1v) is 6.72. The second-order valence-corrected chi connectivity index (χ2v) is 5.61. The van der Waals surface area contributed by atoms with Gasteiger partial charge in [0, 0.05) is 20.1 Å². The van der Waals surface area contributed by atoms with Crippen molar-refractivity contribution >= 4 is 39.1 Å². The van der Waals surface area contributed by atoms with E-state index in [9.17, 15) is 13.9 Å². The van der Waals surface area contributed by atoms with E-state index >= 15 is 0 Å². The van der Waals surface area contributed by atoms with Crippen molar-refractivity contribution in [3.63, 3.8) is 0 Å². The van der Waals surface area contributed by atoms with Gasteiger partial charge in [-0.05, 0) is 30.3 Å². The number of rotatable bonds is 2. The van der Waals surface area contributed by atoms with E-state index in [1.54, 1.807) is 0 Å². The summed E-state index contributed by atoms with van der Waals surface area (Å²) in [7, 11) is 0. The molecule has 0 saturated carbocycles. The van der Waals surface area contributed by atoms with Crippen LogP contribution in [0.2, 0.25) is 10.0 Å². The molecule has 0 bridgehead atoms. The lowest BCUT2D eigenvalue weighted by molar-refractivity contribution is 0.209. The van der Waals surface area contributed by atoms with E-state index < -0.39 is 23.3 Å². The molecule has 1 N–H and O–H groups in total. The number of halogens is 5. The van der Waals surface area contributed by atoms with Crippen LogP contribution >= 0.6 is 39.1 Å². The molecule has 6 heteroatoms. The fourth-order valence-corrected chi connectivity index (χ4v) is 2.50. The molecule has 2 aromatic carbocycles. The highest BCUT2D eigenvalue weighted by Gasteiger charge is 2.22. The summed E-state index contributed by atoms with van der Waals surface area (Å²) in [6, 6.07) is 6.49. The quantitative estimate of drug-likeness (QED) is 0.781. The number of hydrogen-bond acceptors (Lipinski definition) is 1. The molecule has 0 heterocycles. The molecule has 1 atom stereocenters. The zero-order valence-electron chi connectivity index (χ0n) is 9.30. The fraction of sp³-hybridized carbons (Fsp3) is 0.0769. The Morgan fingerprint density at radius 3 is 2.21 bits per heavy atom. The summed E-state index contributed by atoms with van der Waals surface area (Å²) >= 11 is 14.7. The van der Waals surface area contributed by atoms with Crippen molar-refractivity contribution in [1.29, 1.82) is 0 Å². The molecule has 0 aliphatic rings. The van der Waals surface area contributed by atoms with E-state index in [0.717, 1.165) is 12.1 Å². The van der Waals surface area contributed by atoms with E-state index in [0.29, 0.717) is 5.02 Å². The van der Waals surface area contributed by atoms with Gasteiger partial charge in [-0.3, -0.25) is 0 Å². The molecule has 100 valence electrons. The van der Waals surface area contributed by atoms with E-state index in [-0.39, 0.29) is 15.1 Å². The maximum atomic E-state index is 13.8. The molecule has 0 aliphatic heterocycles. The maximum absolute atomic E-state index is 13.8. The summed E-state index contributed by atoms with van der Waals surface area (Å²) in [5, 5.41) is 10.6. The fourth-order valence-electron chi connectivity index (χ4n) is 1.69. The second-order valence-electron chi connectivity index (χ2n) is 3.85.